The zero-order chi connectivity index (χ0) is 21.8. The van der Waals surface area contributed by atoms with Gasteiger partial charge in [0.15, 0.2) is 0 Å². The third-order valence-corrected chi connectivity index (χ3v) is 7.52. The Morgan fingerprint density at radius 2 is 2.06 bits per heavy atom. The molecule has 0 radical (unpaired) electrons. The van der Waals surface area contributed by atoms with E-state index in [-0.39, 0.29) is 11.6 Å². The van der Waals surface area contributed by atoms with Crippen LogP contribution < -0.4 is 10.2 Å². The molecule has 1 aliphatic heterocycles. The van der Waals surface area contributed by atoms with Crippen LogP contribution >= 0.6 is 11.3 Å². The Balaban J connectivity index is 1.38. The summed E-state index contributed by atoms with van der Waals surface area (Å²) in [6.07, 6.45) is 8.51. The number of nitrogens with one attached hydrogen (secondary N) is 1. The van der Waals surface area contributed by atoms with Crippen LogP contribution in [0.3, 0.4) is 0 Å². The normalized spacial score (nSPS) is 16.7. The number of fused-ring (bicyclic) bond motifs is 1. The fourth-order valence-electron chi connectivity index (χ4n) is 4.39. The van der Waals surface area contributed by atoms with E-state index in [1.54, 1.807) is 6.07 Å². The smallest absolute Gasteiger partial charge is 0.270 e. The number of piperidine rings is 1. The summed E-state index contributed by atoms with van der Waals surface area (Å²) in [6.45, 7) is 4.50. The molecule has 0 unspecified atom stereocenters. The molecule has 0 saturated carbocycles. The summed E-state index contributed by atoms with van der Waals surface area (Å²) >= 11 is 1.81. The second-order valence-electron chi connectivity index (χ2n) is 8.67. The summed E-state index contributed by atoms with van der Waals surface area (Å²) in [6, 6.07) is 4.63. The van der Waals surface area contributed by atoms with Gasteiger partial charge >= 0.3 is 0 Å². The lowest BCUT2D eigenvalue weighted by Gasteiger charge is -2.33. The number of hydrogen-bond acceptors (Lipinski definition) is 6. The molecule has 1 aromatic heterocycles. The Bertz CT molecular complexity index is 927. The molecule has 1 amide bonds. The van der Waals surface area contributed by atoms with Gasteiger partial charge < -0.3 is 10.2 Å². The molecule has 7 nitrogen and oxygen atoms in total. The highest BCUT2D eigenvalue weighted by Gasteiger charge is 2.23. The fourth-order valence-corrected chi connectivity index (χ4v) is 5.59. The van der Waals surface area contributed by atoms with Crippen molar-refractivity contribution >= 4 is 28.6 Å². The maximum atomic E-state index is 12.9. The lowest BCUT2D eigenvalue weighted by Crippen LogP contribution is -2.35. The quantitative estimate of drug-likeness (QED) is 0.387. The summed E-state index contributed by atoms with van der Waals surface area (Å²) in [7, 11) is 0. The lowest BCUT2D eigenvalue weighted by atomic mass is 9.98. The highest BCUT2D eigenvalue weighted by molar-refractivity contribution is 7.11. The van der Waals surface area contributed by atoms with Gasteiger partial charge in [-0.3, -0.25) is 14.9 Å². The van der Waals surface area contributed by atoms with E-state index in [2.05, 4.69) is 17.1 Å². The molecule has 1 aliphatic carbocycles. The molecule has 1 saturated heterocycles. The van der Waals surface area contributed by atoms with Crippen LogP contribution in [0.2, 0.25) is 0 Å². The van der Waals surface area contributed by atoms with Crippen LogP contribution in [0.4, 0.5) is 11.4 Å². The van der Waals surface area contributed by atoms with E-state index in [0.29, 0.717) is 18.0 Å². The summed E-state index contributed by atoms with van der Waals surface area (Å²) in [5, 5.41) is 15.4. The van der Waals surface area contributed by atoms with Crippen LogP contribution in [0, 0.1) is 16.0 Å². The highest BCUT2D eigenvalue weighted by Crippen LogP contribution is 2.30. The number of rotatable bonds is 7. The van der Waals surface area contributed by atoms with E-state index in [4.69, 9.17) is 4.98 Å². The second-order valence-corrected chi connectivity index (χ2v) is 9.84. The summed E-state index contributed by atoms with van der Waals surface area (Å²) in [5.41, 5.74) is 2.41. The van der Waals surface area contributed by atoms with Crippen molar-refractivity contribution in [1.29, 1.82) is 0 Å². The largest absolute Gasteiger partial charge is 0.371 e. The first-order chi connectivity index (χ1) is 15.0. The number of nitro benzene ring substituents is 1. The Labute approximate surface area is 187 Å². The third kappa shape index (κ3) is 5.23. The van der Waals surface area contributed by atoms with E-state index in [9.17, 15) is 14.9 Å². The Kier molecular flexibility index (Phi) is 6.85. The molecule has 31 heavy (non-hydrogen) atoms. The van der Waals surface area contributed by atoms with Crippen LogP contribution in [0.5, 0.6) is 0 Å². The summed E-state index contributed by atoms with van der Waals surface area (Å²) in [4.78, 5) is 32.1. The number of thiazole rings is 1. The number of benzene rings is 1. The zero-order valence-electron chi connectivity index (χ0n) is 18.1. The van der Waals surface area contributed by atoms with Gasteiger partial charge in [-0.15, -0.1) is 11.3 Å². The number of carbonyl (C=O) groups is 1. The van der Waals surface area contributed by atoms with Gasteiger partial charge in [0.1, 0.15) is 0 Å². The Morgan fingerprint density at radius 3 is 2.81 bits per heavy atom. The zero-order valence-corrected chi connectivity index (χ0v) is 18.9. The molecule has 8 heteroatoms. The molecule has 0 bridgehead atoms. The number of amides is 1. The molecule has 166 valence electrons. The number of carbonyl (C=O) groups excluding carboxylic acids is 1. The monoisotopic (exact) mass is 442 g/mol. The minimum atomic E-state index is -0.441. The van der Waals surface area contributed by atoms with Gasteiger partial charge in [0.2, 0.25) is 0 Å². The minimum absolute atomic E-state index is 0.0485. The van der Waals surface area contributed by atoms with Crippen molar-refractivity contribution in [3.63, 3.8) is 0 Å². The number of anilines is 1. The predicted molar refractivity (Wildman–Crippen MR) is 123 cm³/mol. The van der Waals surface area contributed by atoms with Gasteiger partial charge in [-0.05, 0) is 56.9 Å². The lowest BCUT2D eigenvalue weighted by molar-refractivity contribution is -0.384. The van der Waals surface area contributed by atoms with Crippen LogP contribution in [0.15, 0.2) is 18.2 Å². The van der Waals surface area contributed by atoms with Crippen LogP contribution in [-0.4, -0.2) is 35.4 Å². The Morgan fingerprint density at radius 1 is 1.29 bits per heavy atom. The molecule has 4 rings (SSSR count). The fraction of sp³-hybridized carbons (Fsp3) is 0.565. The number of hydrogen-bond donors (Lipinski definition) is 1. The van der Waals surface area contributed by atoms with E-state index in [0.717, 1.165) is 62.3 Å². The predicted octanol–water partition coefficient (Wildman–Crippen LogP) is 4.53. The highest BCUT2D eigenvalue weighted by atomic mass is 32.1. The van der Waals surface area contributed by atoms with Crippen molar-refractivity contribution in [2.24, 2.45) is 5.92 Å². The molecular weight excluding hydrogens is 412 g/mol. The van der Waals surface area contributed by atoms with Crippen molar-refractivity contribution in [3.8, 4) is 0 Å². The van der Waals surface area contributed by atoms with Gasteiger partial charge in [0.05, 0.1) is 26.9 Å². The molecule has 2 aliphatic rings. The van der Waals surface area contributed by atoms with Crippen LogP contribution in [0.25, 0.3) is 0 Å². The van der Waals surface area contributed by atoms with Gasteiger partial charge in [-0.1, -0.05) is 6.92 Å². The number of nitro groups is 1. The van der Waals surface area contributed by atoms with E-state index in [1.807, 2.05) is 11.3 Å². The van der Waals surface area contributed by atoms with Crippen molar-refractivity contribution in [1.82, 2.24) is 10.3 Å². The molecule has 0 spiro atoms. The summed E-state index contributed by atoms with van der Waals surface area (Å²) in [5.74, 6) is 0.429. The molecular formula is C23H30N4O3S. The van der Waals surface area contributed by atoms with Crippen LogP contribution in [-0.2, 0) is 19.3 Å². The molecule has 1 aromatic carbocycles. The van der Waals surface area contributed by atoms with Crippen molar-refractivity contribution in [2.75, 3.05) is 24.5 Å². The third-order valence-electron chi connectivity index (χ3n) is 6.30. The average Bonchev–Trinajstić information content (AvgIpc) is 3.19. The maximum Gasteiger partial charge on any atom is 0.270 e. The van der Waals surface area contributed by atoms with E-state index >= 15 is 0 Å². The van der Waals surface area contributed by atoms with E-state index < -0.39 is 4.92 Å². The maximum absolute atomic E-state index is 12.9. The van der Waals surface area contributed by atoms with Gasteiger partial charge in [-0.25, -0.2) is 4.98 Å². The van der Waals surface area contributed by atoms with Crippen molar-refractivity contribution < 1.29 is 9.72 Å². The first-order valence-electron chi connectivity index (χ1n) is 11.3. The Hall–Kier alpha value is -2.48. The minimum Gasteiger partial charge on any atom is -0.371 e. The summed E-state index contributed by atoms with van der Waals surface area (Å²) < 4.78 is 0. The van der Waals surface area contributed by atoms with Gasteiger partial charge in [0.25, 0.3) is 11.6 Å². The first-order valence-corrected chi connectivity index (χ1v) is 12.1. The van der Waals surface area contributed by atoms with Crippen LogP contribution in [0.1, 0.15) is 65.0 Å². The second kappa shape index (κ2) is 9.77. The number of nitrogens with zero attached hydrogens (tertiary/aromatic N) is 3. The average molecular weight is 443 g/mol. The molecule has 1 fully saturated rings. The number of non-ortho nitro benzene ring substituents is 1. The number of aryl methyl sites for hydroxylation is 3. The van der Waals surface area contributed by atoms with Crippen molar-refractivity contribution in [3.05, 3.63) is 49.5 Å². The van der Waals surface area contributed by atoms with Gasteiger partial charge in [0, 0.05) is 43.1 Å². The SMILES string of the molecule is CC1CCN(c2ccc([N+](=O)[O-])cc2C(=O)NCCCc2nc3c(s2)CCCC3)CC1. The van der Waals surface area contributed by atoms with Gasteiger partial charge in [-0.2, -0.15) is 0 Å². The number of aromatic nitrogens is 1. The van der Waals surface area contributed by atoms with Crippen molar-refractivity contribution in [2.45, 2.75) is 58.3 Å². The topological polar surface area (TPSA) is 88.4 Å². The van der Waals surface area contributed by atoms with E-state index in [1.165, 1.54) is 35.5 Å². The molecule has 2 heterocycles. The molecule has 2 aromatic rings. The first kappa shape index (κ1) is 21.7. The molecule has 1 N–H and O–H groups in total. The molecule has 0 atom stereocenters. The standard InChI is InChI=1S/C23H30N4O3S/c1-16-10-13-26(14-11-16)20-9-8-17(27(29)30)15-18(20)23(28)24-12-4-7-22-25-19-5-2-3-6-21(19)31-22/h8-9,15-16H,2-7,10-14H2,1H3,(H,24,28).